The van der Waals surface area contributed by atoms with Crippen molar-refractivity contribution in [3.8, 4) is 0 Å². The van der Waals surface area contributed by atoms with Gasteiger partial charge < -0.3 is 15.4 Å². The number of hydrogen-bond acceptors (Lipinski definition) is 3. The molecule has 1 aromatic rings. The summed E-state index contributed by atoms with van der Waals surface area (Å²) in [6.07, 6.45) is 2.86. The lowest BCUT2D eigenvalue weighted by Gasteiger charge is -2.12. The first kappa shape index (κ1) is 17.0. The van der Waals surface area contributed by atoms with Crippen LogP contribution in [0.1, 0.15) is 30.4 Å². The maximum atomic E-state index is 11.9. The largest absolute Gasteiger partial charge is 0.380 e. The van der Waals surface area contributed by atoms with E-state index in [1.54, 1.807) is 7.11 Å². The van der Waals surface area contributed by atoms with E-state index in [1.165, 1.54) is 6.42 Å². The molecule has 0 saturated carbocycles. The van der Waals surface area contributed by atoms with Crippen LogP contribution >= 0.6 is 12.4 Å². The number of carbonyl (C=O) groups is 1. The molecule has 1 fully saturated rings. The van der Waals surface area contributed by atoms with E-state index in [2.05, 4.69) is 10.6 Å². The van der Waals surface area contributed by atoms with Gasteiger partial charge in [-0.15, -0.1) is 12.4 Å². The Bertz CT molecular complexity index is 420. The maximum Gasteiger partial charge on any atom is 0.221 e. The van der Waals surface area contributed by atoms with E-state index in [1.807, 2.05) is 24.3 Å². The number of hydrogen-bond donors (Lipinski definition) is 2. The number of halogens is 1. The molecule has 1 amide bonds. The highest BCUT2D eigenvalue weighted by Gasteiger charge is 2.17. The Labute approximate surface area is 126 Å². The van der Waals surface area contributed by atoms with E-state index in [9.17, 15) is 4.79 Å². The van der Waals surface area contributed by atoms with Gasteiger partial charge in [-0.3, -0.25) is 4.79 Å². The van der Waals surface area contributed by atoms with Gasteiger partial charge in [-0.25, -0.2) is 0 Å². The maximum absolute atomic E-state index is 11.9. The van der Waals surface area contributed by atoms with Crippen LogP contribution in [-0.2, 0) is 22.7 Å². The highest BCUT2D eigenvalue weighted by atomic mass is 35.5. The number of benzene rings is 1. The van der Waals surface area contributed by atoms with Crippen molar-refractivity contribution in [2.45, 2.75) is 38.5 Å². The van der Waals surface area contributed by atoms with Gasteiger partial charge in [0.15, 0.2) is 0 Å². The molecular formula is C15H23ClN2O2. The quantitative estimate of drug-likeness (QED) is 0.845. The molecule has 1 aliphatic rings. The minimum Gasteiger partial charge on any atom is -0.380 e. The van der Waals surface area contributed by atoms with Gasteiger partial charge in [0.2, 0.25) is 5.91 Å². The molecule has 0 bridgehead atoms. The summed E-state index contributed by atoms with van der Waals surface area (Å²) in [4.78, 5) is 11.9. The van der Waals surface area contributed by atoms with Crippen molar-refractivity contribution in [1.82, 2.24) is 10.6 Å². The van der Waals surface area contributed by atoms with E-state index in [4.69, 9.17) is 4.74 Å². The van der Waals surface area contributed by atoms with Crippen LogP contribution in [0.25, 0.3) is 0 Å². The van der Waals surface area contributed by atoms with Crippen LogP contribution in [0.5, 0.6) is 0 Å². The molecule has 112 valence electrons. The third-order valence-corrected chi connectivity index (χ3v) is 3.49. The van der Waals surface area contributed by atoms with Gasteiger partial charge in [0, 0.05) is 26.1 Å². The molecule has 2 N–H and O–H groups in total. The summed E-state index contributed by atoms with van der Waals surface area (Å²) in [6, 6.07) is 8.39. The van der Waals surface area contributed by atoms with Gasteiger partial charge >= 0.3 is 0 Å². The number of ether oxygens (including phenoxy) is 1. The first-order chi connectivity index (χ1) is 9.29. The summed E-state index contributed by atoms with van der Waals surface area (Å²) in [5.74, 6) is 0.117. The van der Waals surface area contributed by atoms with Gasteiger partial charge in [-0.1, -0.05) is 24.3 Å². The Morgan fingerprint density at radius 1 is 1.40 bits per heavy atom. The second-order valence-electron chi connectivity index (χ2n) is 4.98. The van der Waals surface area contributed by atoms with Crippen molar-refractivity contribution in [2.24, 2.45) is 0 Å². The molecule has 5 heteroatoms. The average molecular weight is 299 g/mol. The third kappa shape index (κ3) is 5.12. The minimum atomic E-state index is 0. The number of methoxy groups -OCH3 is 1. The van der Waals surface area contributed by atoms with Gasteiger partial charge in [0.05, 0.1) is 6.61 Å². The Kier molecular flexibility index (Phi) is 7.59. The fraction of sp³-hybridized carbons (Fsp3) is 0.533. The average Bonchev–Trinajstić information content (AvgIpc) is 2.91. The highest BCUT2D eigenvalue weighted by Crippen LogP contribution is 2.11. The minimum absolute atomic E-state index is 0. The molecule has 1 heterocycles. The zero-order valence-corrected chi connectivity index (χ0v) is 12.7. The van der Waals surface area contributed by atoms with Crippen LogP contribution in [0.4, 0.5) is 0 Å². The van der Waals surface area contributed by atoms with E-state index in [0.29, 0.717) is 25.6 Å². The summed E-state index contributed by atoms with van der Waals surface area (Å²) in [5.41, 5.74) is 2.25. The molecule has 0 aliphatic carbocycles. The highest BCUT2D eigenvalue weighted by molar-refractivity contribution is 5.85. The zero-order chi connectivity index (χ0) is 13.5. The number of nitrogens with one attached hydrogen (secondary N) is 2. The standard InChI is InChI=1S/C15H22N2O2.ClH/c1-19-11-13-6-3-2-5-12(13)10-17-15(18)9-14-7-4-8-16-14;/h2-3,5-6,14,16H,4,7-11H2,1H3,(H,17,18);1H. The third-order valence-electron chi connectivity index (χ3n) is 3.49. The van der Waals surface area contributed by atoms with Crippen LogP contribution in [0.3, 0.4) is 0 Å². The lowest BCUT2D eigenvalue weighted by molar-refractivity contribution is -0.121. The predicted molar refractivity (Wildman–Crippen MR) is 81.9 cm³/mol. The van der Waals surface area contributed by atoms with Gasteiger partial charge in [0.25, 0.3) is 0 Å². The Balaban J connectivity index is 0.00000200. The number of carbonyl (C=O) groups excluding carboxylic acids is 1. The smallest absolute Gasteiger partial charge is 0.221 e. The van der Waals surface area contributed by atoms with Crippen molar-refractivity contribution < 1.29 is 9.53 Å². The normalized spacial score (nSPS) is 17.6. The monoisotopic (exact) mass is 298 g/mol. The molecule has 2 rings (SSSR count). The SMILES string of the molecule is COCc1ccccc1CNC(=O)CC1CCCN1.Cl. The van der Waals surface area contributed by atoms with Gasteiger partial charge in [-0.2, -0.15) is 0 Å². The predicted octanol–water partition coefficient (Wildman–Crippen LogP) is 2.01. The first-order valence-corrected chi connectivity index (χ1v) is 6.85. The van der Waals surface area contributed by atoms with Crippen LogP contribution in [0.15, 0.2) is 24.3 Å². The zero-order valence-electron chi connectivity index (χ0n) is 11.9. The lowest BCUT2D eigenvalue weighted by atomic mass is 10.1. The summed E-state index contributed by atoms with van der Waals surface area (Å²) < 4.78 is 5.16. The molecule has 0 aromatic heterocycles. The van der Waals surface area contributed by atoms with Crippen molar-refractivity contribution in [2.75, 3.05) is 13.7 Å². The van der Waals surface area contributed by atoms with Crippen LogP contribution in [0.2, 0.25) is 0 Å². The Morgan fingerprint density at radius 3 is 2.80 bits per heavy atom. The molecule has 20 heavy (non-hydrogen) atoms. The summed E-state index contributed by atoms with van der Waals surface area (Å²) in [7, 11) is 1.68. The first-order valence-electron chi connectivity index (χ1n) is 6.85. The van der Waals surface area contributed by atoms with E-state index in [0.717, 1.165) is 24.1 Å². The molecule has 1 atom stereocenters. The van der Waals surface area contributed by atoms with E-state index in [-0.39, 0.29) is 18.3 Å². The molecule has 4 nitrogen and oxygen atoms in total. The molecule has 0 radical (unpaired) electrons. The molecule has 1 saturated heterocycles. The van der Waals surface area contributed by atoms with Gasteiger partial charge in [-0.05, 0) is 30.5 Å². The van der Waals surface area contributed by atoms with E-state index >= 15 is 0 Å². The summed E-state index contributed by atoms with van der Waals surface area (Å²) in [5, 5.41) is 6.33. The second-order valence-corrected chi connectivity index (χ2v) is 4.98. The molecule has 1 unspecified atom stereocenters. The van der Waals surface area contributed by atoms with Crippen molar-refractivity contribution in [1.29, 1.82) is 0 Å². The van der Waals surface area contributed by atoms with Crippen LogP contribution in [-0.4, -0.2) is 25.6 Å². The number of amides is 1. The molecule has 1 aromatic carbocycles. The summed E-state index contributed by atoms with van der Waals surface area (Å²) >= 11 is 0. The van der Waals surface area contributed by atoms with Gasteiger partial charge in [0.1, 0.15) is 0 Å². The topological polar surface area (TPSA) is 50.4 Å². The molecule has 1 aliphatic heterocycles. The van der Waals surface area contributed by atoms with Crippen molar-refractivity contribution in [3.63, 3.8) is 0 Å². The lowest BCUT2D eigenvalue weighted by Crippen LogP contribution is -2.31. The van der Waals surface area contributed by atoms with Crippen LogP contribution in [0, 0.1) is 0 Å². The molecular weight excluding hydrogens is 276 g/mol. The number of rotatable bonds is 6. The van der Waals surface area contributed by atoms with E-state index < -0.39 is 0 Å². The Hall–Kier alpha value is -1.10. The Morgan fingerprint density at radius 2 is 2.15 bits per heavy atom. The van der Waals surface area contributed by atoms with Crippen molar-refractivity contribution in [3.05, 3.63) is 35.4 Å². The summed E-state index contributed by atoms with van der Waals surface area (Å²) in [6.45, 7) is 2.19. The molecule has 0 spiro atoms. The fourth-order valence-electron chi connectivity index (χ4n) is 2.45. The van der Waals surface area contributed by atoms with Crippen molar-refractivity contribution >= 4 is 18.3 Å². The van der Waals surface area contributed by atoms with Crippen LogP contribution < -0.4 is 10.6 Å². The second kappa shape index (κ2) is 8.95. The fourth-order valence-corrected chi connectivity index (χ4v) is 2.45.